The summed E-state index contributed by atoms with van der Waals surface area (Å²) in [6.07, 6.45) is 9.77. The summed E-state index contributed by atoms with van der Waals surface area (Å²) in [5.41, 5.74) is 11.9. The van der Waals surface area contributed by atoms with Gasteiger partial charge in [-0.15, -0.1) is 0 Å². The number of allylic oxidation sites excluding steroid dienone is 2. The second-order valence-corrected chi connectivity index (χ2v) is 13.7. The first-order valence-corrected chi connectivity index (χ1v) is 17.2. The summed E-state index contributed by atoms with van der Waals surface area (Å²) in [5.74, 6) is 1.70. The Kier molecular flexibility index (Phi) is 6.21. The molecule has 0 atom stereocenters. The molecule has 0 saturated heterocycles. The second-order valence-electron chi connectivity index (χ2n) is 13.7. The van der Waals surface area contributed by atoms with Crippen molar-refractivity contribution in [2.75, 3.05) is 11.4 Å². The Morgan fingerprint density at radius 3 is 2.04 bits per heavy atom. The molecule has 2 aliphatic heterocycles. The number of benzene rings is 6. The molecule has 0 N–H and O–H groups in total. The zero-order valence-corrected chi connectivity index (χ0v) is 27.9. The summed E-state index contributed by atoms with van der Waals surface area (Å²) < 4.78 is 0. The minimum Gasteiger partial charge on any atom is -0.321 e. The lowest BCUT2D eigenvalue weighted by atomic mass is 9.80. The second kappa shape index (κ2) is 10.8. The molecule has 1 aromatic heterocycles. The summed E-state index contributed by atoms with van der Waals surface area (Å²) in [4.78, 5) is 18.6. The lowest BCUT2D eigenvalue weighted by Gasteiger charge is -2.29. The number of rotatable bonds is 4. The molecule has 50 heavy (non-hydrogen) atoms. The first-order valence-electron chi connectivity index (χ1n) is 17.2. The van der Waals surface area contributed by atoms with Crippen LogP contribution in [0.1, 0.15) is 36.4 Å². The van der Waals surface area contributed by atoms with Crippen molar-refractivity contribution in [1.82, 2.24) is 19.9 Å². The van der Waals surface area contributed by atoms with Crippen molar-refractivity contribution in [3.05, 3.63) is 181 Å². The first-order chi connectivity index (χ1) is 24.6. The van der Waals surface area contributed by atoms with Gasteiger partial charge in [0.2, 0.25) is 0 Å². The fourth-order valence-electron chi connectivity index (χ4n) is 8.45. The maximum Gasteiger partial charge on any atom is 0.181 e. The number of para-hydroxylation sites is 1. The van der Waals surface area contributed by atoms with Gasteiger partial charge in [-0.3, -0.25) is 4.90 Å². The molecule has 0 fully saturated rings. The molecule has 1 aliphatic carbocycles. The van der Waals surface area contributed by atoms with Crippen molar-refractivity contribution in [1.29, 1.82) is 0 Å². The van der Waals surface area contributed by atoms with Gasteiger partial charge < -0.3 is 4.90 Å². The standard InChI is InChI=1S/C45H33N5/c1-45(2)37-22-12-11-19-31(37)34-25-35-36(26-38(34)45)41(33-21-10-9-20-32(33)40(35)29-15-5-3-6-16-29)42-43(44-47-27-46-28-48-44)50(30-17-7-4-8-18-30)39-23-13-14-24-49(39)42/h3-23,25-28H,24H2,1-2H3. The van der Waals surface area contributed by atoms with E-state index in [2.05, 4.69) is 168 Å². The Labute approximate surface area is 291 Å². The quantitative estimate of drug-likeness (QED) is 0.179. The van der Waals surface area contributed by atoms with Gasteiger partial charge in [0.05, 0.1) is 5.70 Å². The number of hydrogen-bond donors (Lipinski definition) is 0. The monoisotopic (exact) mass is 643 g/mol. The lowest BCUT2D eigenvalue weighted by Crippen LogP contribution is -2.27. The summed E-state index contributed by atoms with van der Waals surface area (Å²) in [7, 11) is 0. The number of nitrogens with zero attached hydrogens (tertiary/aromatic N) is 5. The number of anilines is 1. The van der Waals surface area contributed by atoms with Crippen LogP contribution < -0.4 is 4.90 Å². The summed E-state index contributed by atoms with van der Waals surface area (Å²) >= 11 is 0. The van der Waals surface area contributed by atoms with Crippen molar-refractivity contribution in [2.24, 2.45) is 0 Å². The predicted octanol–water partition coefficient (Wildman–Crippen LogP) is 10.2. The molecule has 3 heterocycles. The zero-order valence-electron chi connectivity index (χ0n) is 27.9. The summed E-state index contributed by atoms with van der Waals surface area (Å²) in [6, 6.07) is 44.2. The van der Waals surface area contributed by atoms with E-state index in [4.69, 9.17) is 9.97 Å². The molecule has 5 heteroatoms. The Balaban J connectivity index is 1.41. The van der Waals surface area contributed by atoms with Crippen LogP contribution >= 0.6 is 0 Å². The maximum absolute atomic E-state index is 4.81. The minimum atomic E-state index is -0.161. The van der Waals surface area contributed by atoms with Gasteiger partial charge in [0.1, 0.15) is 24.2 Å². The molecular formula is C45H33N5. The fourth-order valence-corrected chi connectivity index (χ4v) is 8.45. The van der Waals surface area contributed by atoms with Crippen LogP contribution in [-0.2, 0) is 5.41 Å². The smallest absolute Gasteiger partial charge is 0.181 e. The molecule has 10 rings (SSSR count). The molecule has 0 saturated carbocycles. The minimum absolute atomic E-state index is 0.161. The molecule has 0 bridgehead atoms. The number of aromatic nitrogens is 3. The van der Waals surface area contributed by atoms with Crippen LogP contribution in [0.25, 0.3) is 55.2 Å². The Morgan fingerprint density at radius 2 is 1.26 bits per heavy atom. The van der Waals surface area contributed by atoms with E-state index in [-0.39, 0.29) is 5.41 Å². The Morgan fingerprint density at radius 1 is 0.600 bits per heavy atom. The molecule has 0 spiro atoms. The highest BCUT2D eigenvalue weighted by molar-refractivity contribution is 6.22. The number of hydrogen-bond acceptors (Lipinski definition) is 5. The van der Waals surface area contributed by atoms with Gasteiger partial charge in [-0.1, -0.05) is 123 Å². The van der Waals surface area contributed by atoms with Gasteiger partial charge in [-0.2, -0.15) is 0 Å². The highest BCUT2D eigenvalue weighted by atomic mass is 15.4. The van der Waals surface area contributed by atoms with Crippen LogP contribution in [0, 0.1) is 0 Å². The van der Waals surface area contributed by atoms with Gasteiger partial charge in [0.25, 0.3) is 0 Å². The molecule has 6 aromatic carbocycles. The van der Waals surface area contributed by atoms with Crippen molar-refractivity contribution < 1.29 is 0 Å². The zero-order chi connectivity index (χ0) is 33.4. The Bertz CT molecular complexity index is 2580. The largest absolute Gasteiger partial charge is 0.321 e. The molecule has 0 radical (unpaired) electrons. The van der Waals surface area contributed by atoms with E-state index in [1.165, 1.54) is 60.5 Å². The van der Waals surface area contributed by atoms with Gasteiger partial charge in [0, 0.05) is 23.2 Å². The molecular weight excluding hydrogens is 611 g/mol. The van der Waals surface area contributed by atoms with Gasteiger partial charge >= 0.3 is 0 Å². The van der Waals surface area contributed by atoms with Crippen molar-refractivity contribution in [3.8, 4) is 22.3 Å². The third kappa shape index (κ3) is 4.04. The van der Waals surface area contributed by atoms with Crippen molar-refractivity contribution in [3.63, 3.8) is 0 Å². The SMILES string of the molecule is CC1(C)c2ccccc2-c2cc3c(-c4ccccc4)c4ccccc4c(C4=C(c5ncncn5)N(c5ccccc5)C5=CC=CCN54)c3cc21. The Hall–Kier alpha value is -6.33. The molecule has 0 amide bonds. The average molecular weight is 644 g/mol. The molecule has 7 aromatic rings. The van der Waals surface area contributed by atoms with Crippen LogP contribution in [0.5, 0.6) is 0 Å². The van der Waals surface area contributed by atoms with Crippen LogP contribution in [-0.4, -0.2) is 26.4 Å². The summed E-state index contributed by atoms with van der Waals surface area (Å²) in [6.45, 7) is 5.44. The maximum atomic E-state index is 4.81. The van der Waals surface area contributed by atoms with Crippen LogP contribution in [0.2, 0.25) is 0 Å². The van der Waals surface area contributed by atoms with Crippen LogP contribution in [0.15, 0.2) is 158 Å². The molecule has 0 unspecified atom stereocenters. The van der Waals surface area contributed by atoms with E-state index >= 15 is 0 Å². The van der Waals surface area contributed by atoms with Crippen molar-refractivity contribution >= 4 is 38.6 Å². The topological polar surface area (TPSA) is 45.2 Å². The number of fused-ring (bicyclic) bond motifs is 6. The van der Waals surface area contributed by atoms with Crippen LogP contribution in [0.3, 0.4) is 0 Å². The average Bonchev–Trinajstić information content (AvgIpc) is 3.63. The molecule has 238 valence electrons. The third-order valence-electron chi connectivity index (χ3n) is 10.6. The van der Waals surface area contributed by atoms with E-state index in [0.717, 1.165) is 29.4 Å². The first kappa shape index (κ1) is 28.7. The molecule has 3 aliphatic rings. The van der Waals surface area contributed by atoms with Gasteiger partial charge in [-0.25, -0.2) is 15.0 Å². The van der Waals surface area contributed by atoms with Gasteiger partial charge in [-0.05, 0) is 85.3 Å². The predicted molar refractivity (Wildman–Crippen MR) is 204 cm³/mol. The molecule has 5 nitrogen and oxygen atoms in total. The fraction of sp³-hybridized carbons (Fsp3) is 0.0889. The van der Waals surface area contributed by atoms with E-state index in [0.29, 0.717) is 5.82 Å². The van der Waals surface area contributed by atoms with E-state index in [1.54, 1.807) is 12.7 Å². The highest BCUT2D eigenvalue weighted by Gasteiger charge is 2.41. The third-order valence-corrected chi connectivity index (χ3v) is 10.6. The van der Waals surface area contributed by atoms with E-state index in [9.17, 15) is 0 Å². The van der Waals surface area contributed by atoms with Crippen LogP contribution in [0.4, 0.5) is 5.69 Å². The lowest BCUT2D eigenvalue weighted by molar-refractivity contribution is 0.547. The van der Waals surface area contributed by atoms with E-state index in [1.807, 2.05) is 0 Å². The van der Waals surface area contributed by atoms with E-state index < -0.39 is 0 Å². The summed E-state index contributed by atoms with van der Waals surface area (Å²) in [5, 5.41) is 4.85. The normalized spacial score (nSPS) is 15.8. The highest BCUT2D eigenvalue weighted by Crippen LogP contribution is 2.55. The van der Waals surface area contributed by atoms with Gasteiger partial charge in [0.15, 0.2) is 5.82 Å². The van der Waals surface area contributed by atoms with Crippen molar-refractivity contribution in [2.45, 2.75) is 19.3 Å².